The number of carbonyl (C=O) groups is 1. The molecule has 4 heteroatoms. The van der Waals surface area contributed by atoms with Gasteiger partial charge >= 0.3 is 5.97 Å². The molecular formula is C8H16BrNO2. The van der Waals surface area contributed by atoms with Crippen LogP contribution in [-0.4, -0.2) is 16.6 Å². The van der Waals surface area contributed by atoms with Gasteiger partial charge in [0.2, 0.25) is 0 Å². The minimum absolute atomic E-state index is 0. The lowest BCUT2D eigenvalue weighted by Gasteiger charge is -2.25. The van der Waals surface area contributed by atoms with Crippen LogP contribution in [0, 0.1) is 5.92 Å². The van der Waals surface area contributed by atoms with Crippen LogP contribution >= 0.6 is 17.0 Å². The lowest BCUT2D eigenvalue weighted by molar-refractivity contribution is -0.144. The number of carboxylic acids is 1. The fourth-order valence-electron chi connectivity index (χ4n) is 1.95. The van der Waals surface area contributed by atoms with E-state index in [0.29, 0.717) is 6.42 Å². The molecule has 2 atom stereocenters. The highest BCUT2D eigenvalue weighted by Gasteiger charge is 2.44. The van der Waals surface area contributed by atoms with Gasteiger partial charge in [-0.15, -0.1) is 17.0 Å². The first kappa shape index (κ1) is 11.9. The second kappa shape index (κ2) is 4.23. The molecule has 0 aliphatic heterocycles. The maximum Gasteiger partial charge on any atom is 0.323 e. The Morgan fingerprint density at radius 1 is 1.75 bits per heavy atom. The molecule has 1 saturated carbocycles. The molecule has 0 saturated heterocycles. The summed E-state index contributed by atoms with van der Waals surface area (Å²) < 4.78 is 0. The van der Waals surface area contributed by atoms with Crippen LogP contribution in [0.5, 0.6) is 0 Å². The molecule has 0 spiro atoms. The number of hydrogen-bond donors (Lipinski definition) is 2. The summed E-state index contributed by atoms with van der Waals surface area (Å²) in [5.74, 6) is -0.651. The van der Waals surface area contributed by atoms with E-state index in [9.17, 15) is 4.79 Å². The third kappa shape index (κ3) is 1.80. The van der Waals surface area contributed by atoms with Crippen LogP contribution in [0.2, 0.25) is 0 Å². The molecule has 12 heavy (non-hydrogen) atoms. The number of aliphatic carboxylic acids is 1. The van der Waals surface area contributed by atoms with Crippen molar-refractivity contribution in [1.82, 2.24) is 0 Å². The minimum atomic E-state index is -0.922. The summed E-state index contributed by atoms with van der Waals surface area (Å²) in [4.78, 5) is 10.8. The van der Waals surface area contributed by atoms with E-state index < -0.39 is 11.5 Å². The van der Waals surface area contributed by atoms with Gasteiger partial charge < -0.3 is 10.8 Å². The smallest absolute Gasteiger partial charge is 0.323 e. The van der Waals surface area contributed by atoms with E-state index in [1.54, 1.807) is 0 Å². The van der Waals surface area contributed by atoms with E-state index in [4.69, 9.17) is 10.8 Å². The molecule has 1 rings (SSSR count). The summed E-state index contributed by atoms with van der Waals surface area (Å²) in [6.45, 7) is 2.00. The lowest BCUT2D eigenvalue weighted by Crippen LogP contribution is -2.50. The van der Waals surface area contributed by atoms with E-state index in [1.807, 2.05) is 6.92 Å². The average molecular weight is 238 g/mol. The van der Waals surface area contributed by atoms with Gasteiger partial charge in [-0.3, -0.25) is 4.79 Å². The summed E-state index contributed by atoms with van der Waals surface area (Å²) in [5.41, 5.74) is 4.84. The molecule has 72 valence electrons. The summed E-state index contributed by atoms with van der Waals surface area (Å²) in [6.07, 6.45) is 3.45. The van der Waals surface area contributed by atoms with Gasteiger partial charge in [0, 0.05) is 0 Å². The van der Waals surface area contributed by atoms with Crippen molar-refractivity contribution in [1.29, 1.82) is 0 Å². The zero-order valence-corrected chi connectivity index (χ0v) is 8.96. The van der Waals surface area contributed by atoms with Crippen molar-refractivity contribution >= 4 is 23.0 Å². The van der Waals surface area contributed by atoms with Gasteiger partial charge in [-0.25, -0.2) is 0 Å². The van der Waals surface area contributed by atoms with Crippen molar-refractivity contribution < 1.29 is 9.90 Å². The SMILES string of the molecule is Br.CC[C@H]1CCC[C@]1(N)C(=O)O. The molecule has 0 bridgehead atoms. The summed E-state index contributed by atoms with van der Waals surface area (Å²) in [6, 6.07) is 0. The summed E-state index contributed by atoms with van der Waals surface area (Å²) >= 11 is 0. The van der Waals surface area contributed by atoms with Crippen molar-refractivity contribution in [2.24, 2.45) is 11.7 Å². The summed E-state index contributed by atoms with van der Waals surface area (Å²) in [5, 5.41) is 8.85. The predicted molar refractivity (Wildman–Crippen MR) is 52.5 cm³/mol. The molecule has 0 amide bonds. The van der Waals surface area contributed by atoms with E-state index in [-0.39, 0.29) is 22.9 Å². The van der Waals surface area contributed by atoms with Crippen molar-refractivity contribution in [2.75, 3.05) is 0 Å². The molecule has 3 N–H and O–H groups in total. The van der Waals surface area contributed by atoms with Crippen molar-refractivity contribution in [3.63, 3.8) is 0 Å². The second-order valence-corrected chi connectivity index (χ2v) is 3.34. The molecule has 0 aromatic heterocycles. The lowest BCUT2D eigenvalue weighted by atomic mass is 9.86. The number of hydrogen-bond acceptors (Lipinski definition) is 2. The molecular weight excluding hydrogens is 222 g/mol. The maximum absolute atomic E-state index is 10.8. The molecule has 1 fully saturated rings. The fourth-order valence-corrected chi connectivity index (χ4v) is 1.95. The number of nitrogens with two attached hydrogens (primary N) is 1. The first-order valence-electron chi connectivity index (χ1n) is 4.13. The summed E-state index contributed by atoms with van der Waals surface area (Å²) in [7, 11) is 0. The van der Waals surface area contributed by atoms with Gasteiger partial charge in [0.05, 0.1) is 0 Å². The van der Waals surface area contributed by atoms with E-state index in [0.717, 1.165) is 19.3 Å². The molecule has 0 aromatic carbocycles. The van der Waals surface area contributed by atoms with Crippen LogP contribution in [0.1, 0.15) is 32.6 Å². The molecule has 1 aliphatic carbocycles. The number of rotatable bonds is 2. The van der Waals surface area contributed by atoms with Gasteiger partial charge in [0.1, 0.15) is 5.54 Å². The van der Waals surface area contributed by atoms with E-state index >= 15 is 0 Å². The standard InChI is InChI=1S/C8H15NO2.BrH/c1-2-6-4-3-5-8(6,9)7(10)11;/h6H,2-5,9H2,1H3,(H,10,11);1H/t6-,8+;/m0./s1. The Morgan fingerprint density at radius 3 is 2.67 bits per heavy atom. The fraction of sp³-hybridized carbons (Fsp3) is 0.875. The van der Waals surface area contributed by atoms with Gasteiger partial charge in [0.25, 0.3) is 0 Å². The van der Waals surface area contributed by atoms with Crippen LogP contribution < -0.4 is 5.73 Å². The Labute approximate surface area is 83.1 Å². The first-order chi connectivity index (χ1) is 5.11. The third-order valence-corrected chi connectivity index (χ3v) is 2.76. The number of carboxylic acid groups (broad SMARTS) is 1. The highest BCUT2D eigenvalue weighted by Crippen LogP contribution is 2.35. The average Bonchev–Trinajstić information content (AvgIpc) is 2.32. The van der Waals surface area contributed by atoms with Gasteiger partial charge in [-0.1, -0.05) is 19.8 Å². The normalized spacial score (nSPS) is 34.3. The zero-order chi connectivity index (χ0) is 8.48. The quantitative estimate of drug-likeness (QED) is 0.767. The second-order valence-electron chi connectivity index (χ2n) is 3.34. The van der Waals surface area contributed by atoms with E-state index in [1.165, 1.54) is 0 Å². The highest BCUT2D eigenvalue weighted by molar-refractivity contribution is 8.93. The molecule has 3 nitrogen and oxygen atoms in total. The topological polar surface area (TPSA) is 63.3 Å². The Balaban J connectivity index is 0.00000121. The van der Waals surface area contributed by atoms with Gasteiger partial charge in [-0.05, 0) is 18.8 Å². The first-order valence-corrected chi connectivity index (χ1v) is 4.13. The largest absolute Gasteiger partial charge is 0.480 e. The van der Waals surface area contributed by atoms with Gasteiger partial charge in [0.15, 0.2) is 0 Å². The van der Waals surface area contributed by atoms with Crippen molar-refractivity contribution in [3.8, 4) is 0 Å². The predicted octanol–water partition coefficient (Wildman–Crippen LogP) is 1.56. The van der Waals surface area contributed by atoms with Crippen LogP contribution in [-0.2, 0) is 4.79 Å². The van der Waals surface area contributed by atoms with Gasteiger partial charge in [-0.2, -0.15) is 0 Å². The van der Waals surface area contributed by atoms with Crippen LogP contribution in [0.15, 0.2) is 0 Å². The highest BCUT2D eigenvalue weighted by atomic mass is 79.9. The van der Waals surface area contributed by atoms with Crippen molar-refractivity contribution in [2.45, 2.75) is 38.1 Å². The Morgan fingerprint density at radius 2 is 2.33 bits per heavy atom. The van der Waals surface area contributed by atoms with Crippen LogP contribution in [0.25, 0.3) is 0 Å². The third-order valence-electron chi connectivity index (χ3n) is 2.76. The Kier molecular flexibility index (Phi) is 4.20. The molecule has 0 aromatic rings. The maximum atomic E-state index is 10.8. The van der Waals surface area contributed by atoms with E-state index in [2.05, 4.69) is 0 Å². The Bertz CT molecular complexity index is 174. The zero-order valence-electron chi connectivity index (χ0n) is 7.25. The molecule has 0 heterocycles. The number of halogens is 1. The van der Waals surface area contributed by atoms with Crippen molar-refractivity contribution in [3.05, 3.63) is 0 Å². The molecule has 1 aliphatic rings. The minimum Gasteiger partial charge on any atom is -0.480 e. The van der Waals surface area contributed by atoms with Crippen LogP contribution in [0.3, 0.4) is 0 Å². The molecule has 0 radical (unpaired) electrons. The molecule has 0 unspecified atom stereocenters. The monoisotopic (exact) mass is 237 g/mol. The van der Waals surface area contributed by atoms with Crippen LogP contribution in [0.4, 0.5) is 0 Å². The Hall–Kier alpha value is -0.0900.